The highest BCUT2D eigenvalue weighted by Crippen LogP contribution is 2.18. The van der Waals surface area contributed by atoms with Crippen LogP contribution in [0.3, 0.4) is 0 Å². The maximum Gasteiger partial charge on any atom is 0.321 e. The first-order chi connectivity index (χ1) is 12.6. The second kappa shape index (κ2) is 8.21. The lowest BCUT2D eigenvalue weighted by Crippen LogP contribution is -2.39. The van der Waals surface area contributed by atoms with E-state index in [0.717, 1.165) is 24.2 Å². The van der Waals surface area contributed by atoms with Gasteiger partial charge in [-0.3, -0.25) is 0 Å². The van der Waals surface area contributed by atoms with Gasteiger partial charge in [0.05, 0.1) is 0 Å². The number of nitrogen functional groups attached to an aromatic ring is 1. The molecule has 132 valence electrons. The largest absolute Gasteiger partial charge is 0.399 e. The van der Waals surface area contributed by atoms with Crippen LogP contribution in [0.4, 0.5) is 16.2 Å². The molecular weight excluding hydrogens is 324 g/mol. The Morgan fingerprint density at radius 2 is 2.00 bits per heavy atom. The summed E-state index contributed by atoms with van der Waals surface area (Å²) in [4.78, 5) is 18.5. The van der Waals surface area contributed by atoms with E-state index >= 15 is 0 Å². The molecule has 1 saturated heterocycles. The molecule has 3 N–H and O–H groups in total. The van der Waals surface area contributed by atoms with Crippen molar-refractivity contribution in [2.24, 2.45) is 0 Å². The monoisotopic (exact) mass is 346 g/mol. The van der Waals surface area contributed by atoms with E-state index in [2.05, 4.69) is 22.1 Å². The van der Waals surface area contributed by atoms with Gasteiger partial charge in [0, 0.05) is 30.2 Å². The number of nitrogens with two attached hydrogens (primary N) is 1. The highest BCUT2D eigenvalue weighted by Gasteiger charge is 2.18. The van der Waals surface area contributed by atoms with Crippen molar-refractivity contribution in [3.8, 4) is 11.8 Å². The van der Waals surface area contributed by atoms with Gasteiger partial charge in [-0.2, -0.15) is 0 Å². The van der Waals surface area contributed by atoms with Crippen LogP contribution >= 0.6 is 0 Å². The van der Waals surface area contributed by atoms with E-state index in [0.29, 0.717) is 24.5 Å². The first-order valence-electron chi connectivity index (χ1n) is 8.65. The smallest absolute Gasteiger partial charge is 0.321 e. The lowest BCUT2D eigenvalue weighted by atomic mass is 10.0. The van der Waals surface area contributed by atoms with E-state index in [4.69, 9.17) is 5.73 Å². The Balaban J connectivity index is 1.53. The number of hydrogen-bond donors (Lipinski definition) is 2. The average molecular weight is 346 g/mol. The summed E-state index contributed by atoms with van der Waals surface area (Å²) in [5.41, 5.74) is 10.1. The van der Waals surface area contributed by atoms with Gasteiger partial charge in [0.1, 0.15) is 5.69 Å². The second-order valence-electron chi connectivity index (χ2n) is 6.28. The summed E-state index contributed by atoms with van der Waals surface area (Å²) in [5.74, 6) is 6.14. The number of aryl methyl sites for hydroxylation is 1. The topological polar surface area (TPSA) is 71.2 Å². The lowest BCUT2D eigenvalue weighted by Gasteiger charge is -2.28. The van der Waals surface area contributed by atoms with Crippen LogP contribution in [0, 0.1) is 18.8 Å². The third-order valence-electron chi connectivity index (χ3n) is 4.20. The maximum absolute atomic E-state index is 12.3. The molecule has 5 heteroatoms. The Morgan fingerprint density at radius 3 is 2.73 bits per heavy atom. The SMILES string of the molecule is Cc1cccc(C#CC=C2CCN(C(=O)Nc3cccc(N)c3)CC2)n1. The number of hydrogen-bond acceptors (Lipinski definition) is 3. The molecule has 1 aromatic carbocycles. The number of aromatic nitrogens is 1. The normalized spacial score (nSPS) is 13.6. The minimum atomic E-state index is -0.0929. The van der Waals surface area contributed by atoms with E-state index in [-0.39, 0.29) is 6.03 Å². The van der Waals surface area contributed by atoms with Crippen molar-refractivity contribution < 1.29 is 4.79 Å². The van der Waals surface area contributed by atoms with Crippen LogP contribution in [0.1, 0.15) is 24.2 Å². The van der Waals surface area contributed by atoms with Gasteiger partial charge in [-0.15, -0.1) is 0 Å². The van der Waals surface area contributed by atoms with E-state index < -0.39 is 0 Å². The first-order valence-corrected chi connectivity index (χ1v) is 8.65. The molecule has 3 rings (SSSR count). The fourth-order valence-electron chi connectivity index (χ4n) is 2.79. The maximum atomic E-state index is 12.3. The summed E-state index contributed by atoms with van der Waals surface area (Å²) < 4.78 is 0. The van der Waals surface area contributed by atoms with Gasteiger partial charge in [-0.25, -0.2) is 9.78 Å². The van der Waals surface area contributed by atoms with Crippen molar-refractivity contribution >= 4 is 17.4 Å². The third kappa shape index (κ3) is 4.87. The minimum Gasteiger partial charge on any atom is -0.399 e. The molecule has 26 heavy (non-hydrogen) atoms. The van der Waals surface area contributed by atoms with Gasteiger partial charge in [0.2, 0.25) is 0 Å². The number of anilines is 2. The molecule has 5 nitrogen and oxygen atoms in total. The molecular formula is C21H22N4O. The predicted molar refractivity (Wildman–Crippen MR) is 105 cm³/mol. The second-order valence-corrected chi connectivity index (χ2v) is 6.28. The molecule has 1 fully saturated rings. The van der Waals surface area contributed by atoms with Crippen LogP contribution in [0.15, 0.2) is 54.1 Å². The highest BCUT2D eigenvalue weighted by atomic mass is 16.2. The van der Waals surface area contributed by atoms with Gasteiger partial charge >= 0.3 is 6.03 Å². The van der Waals surface area contributed by atoms with Gasteiger partial charge in [-0.05, 0) is 62.1 Å². The number of piperidine rings is 1. The summed E-state index contributed by atoms with van der Waals surface area (Å²) in [5, 5.41) is 2.89. The van der Waals surface area contributed by atoms with E-state index in [1.165, 1.54) is 5.57 Å². The number of carbonyl (C=O) groups is 1. The number of benzene rings is 1. The molecule has 0 atom stereocenters. The predicted octanol–water partition coefficient (Wildman–Crippen LogP) is 3.58. The van der Waals surface area contributed by atoms with E-state index in [1.54, 1.807) is 12.1 Å². The molecule has 0 saturated carbocycles. The van der Waals surface area contributed by atoms with Gasteiger partial charge in [0.15, 0.2) is 0 Å². The molecule has 0 radical (unpaired) electrons. The summed E-state index contributed by atoms with van der Waals surface area (Å²) in [6.45, 7) is 3.32. The van der Waals surface area contributed by atoms with Crippen molar-refractivity contribution in [3.05, 3.63) is 65.5 Å². The number of nitrogens with zero attached hydrogens (tertiary/aromatic N) is 2. The van der Waals surface area contributed by atoms with E-state index in [1.807, 2.05) is 48.2 Å². The summed E-state index contributed by atoms with van der Waals surface area (Å²) in [6.07, 6.45) is 3.62. The standard InChI is InChI=1S/C21H22N4O/c1-16-5-2-8-19(23-16)9-3-6-17-11-13-25(14-12-17)21(26)24-20-10-4-7-18(22)15-20/h2,4-8,10,15H,11-14,22H2,1H3,(H,24,26). The highest BCUT2D eigenvalue weighted by molar-refractivity contribution is 5.89. The van der Waals surface area contributed by atoms with Crippen LogP contribution in [0.25, 0.3) is 0 Å². The molecule has 1 aliphatic rings. The zero-order valence-corrected chi connectivity index (χ0v) is 14.8. The van der Waals surface area contributed by atoms with Gasteiger partial charge in [-0.1, -0.05) is 23.6 Å². The first kappa shape index (κ1) is 17.6. The molecule has 0 bridgehead atoms. The number of nitrogens with one attached hydrogen (secondary N) is 1. The summed E-state index contributed by atoms with van der Waals surface area (Å²) >= 11 is 0. The van der Waals surface area contributed by atoms with Crippen molar-refractivity contribution in [1.82, 2.24) is 9.88 Å². The Labute approximate surface area is 153 Å². The van der Waals surface area contributed by atoms with Crippen LogP contribution < -0.4 is 11.1 Å². The number of carbonyl (C=O) groups excluding carboxylic acids is 1. The van der Waals surface area contributed by atoms with Crippen LogP contribution in [0.5, 0.6) is 0 Å². The summed E-state index contributed by atoms with van der Waals surface area (Å²) in [6, 6.07) is 12.9. The number of amides is 2. The molecule has 0 unspecified atom stereocenters. The molecule has 0 aliphatic carbocycles. The molecule has 0 spiro atoms. The Hall–Kier alpha value is -3.26. The van der Waals surface area contributed by atoms with E-state index in [9.17, 15) is 4.79 Å². The molecule has 2 heterocycles. The Bertz CT molecular complexity index is 882. The Morgan fingerprint density at radius 1 is 1.23 bits per heavy atom. The van der Waals surface area contributed by atoms with Crippen molar-refractivity contribution in [3.63, 3.8) is 0 Å². The minimum absolute atomic E-state index is 0.0929. The Kier molecular flexibility index (Phi) is 5.55. The van der Waals surface area contributed by atoms with Crippen molar-refractivity contribution in [2.75, 3.05) is 24.1 Å². The number of likely N-dealkylation sites (tertiary alicyclic amines) is 1. The zero-order chi connectivity index (χ0) is 18.4. The van der Waals surface area contributed by atoms with Gasteiger partial charge < -0.3 is 16.0 Å². The van der Waals surface area contributed by atoms with Gasteiger partial charge in [0.25, 0.3) is 0 Å². The molecule has 1 aliphatic heterocycles. The fraction of sp³-hybridized carbons (Fsp3) is 0.238. The van der Waals surface area contributed by atoms with Crippen molar-refractivity contribution in [2.45, 2.75) is 19.8 Å². The van der Waals surface area contributed by atoms with Crippen LogP contribution in [-0.2, 0) is 0 Å². The fourth-order valence-corrected chi connectivity index (χ4v) is 2.79. The summed E-state index contributed by atoms with van der Waals surface area (Å²) in [7, 11) is 0. The number of pyridine rings is 1. The molecule has 2 aromatic rings. The number of urea groups is 1. The van der Waals surface area contributed by atoms with Crippen LogP contribution in [-0.4, -0.2) is 29.0 Å². The zero-order valence-electron chi connectivity index (χ0n) is 14.8. The molecule has 1 aromatic heterocycles. The van der Waals surface area contributed by atoms with Crippen LogP contribution in [0.2, 0.25) is 0 Å². The lowest BCUT2D eigenvalue weighted by molar-refractivity contribution is 0.207. The number of rotatable bonds is 1. The number of allylic oxidation sites excluding steroid dienone is 1. The van der Waals surface area contributed by atoms with Crippen molar-refractivity contribution in [1.29, 1.82) is 0 Å². The molecule has 2 amide bonds. The average Bonchev–Trinajstić information content (AvgIpc) is 2.62. The third-order valence-corrected chi connectivity index (χ3v) is 4.20. The quantitative estimate of drug-likeness (QED) is 0.612.